The van der Waals surface area contributed by atoms with Gasteiger partial charge in [-0.2, -0.15) is 0 Å². The molecule has 0 heterocycles. The minimum atomic E-state index is -1.77. The maximum Gasteiger partial charge on any atom is 0.338 e. The van der Waals surface area contributed by atoms with Gasteiger partial charge in [0.15, 0.2) is 12.0 Å². The van der Waals surface area contributed by atoms with Crippen molar-refractivity contribution in [3.05, 3.63) is 11.6 Å². The Labute approximate surface area is 106 Å². The van der Waals surface area contributed by atoms with Gasteiger partial charge in [-0.25, -0.2) is 9.18 Å². The summed E-state index contributed by atoms with van der Waals surface area (Å²) in [5.41, 5.74) is 0.789. The Kier molecular flexibility index (Phi) is 5.98. The summed E-state index contributed by atoms with van der Waals surface area (Å²) in [5, 5.41) is 8.36. The molecule has 0 amide bonds. The van der Waals surface area contributed by atoms with E-state index in [-0.39, 0.29) is 18.3 Å². The number of alkyl halides is 1. The number of carbonyl (C=O) groups excluding carboxylic acids is 1. The lowest BCUT2D eigenvalue weighted by molar-refractivity contribution is -0.143. The standard InChI is InChI=1S/C13H19FO4/c1-18-10-7-9(12(15)8-10)5-3-2-4-6-11(14)13(16)17/h7,10-11H,2-6,8H2,1H3,(H,16,17). The van der Waals surface area contributed by atoms with Gasteiger partial charge in [0, 0.05) is 13.5 Å². The van der Waals surface area contributed by atoms with Crippen molar-refractivity contribution in [1.29, 1.82) is 0 Å². The zero-order valence-electron chi connectivity index (χ0n) is 10.5. The van der Waals surface area contributed by atoms with Gasteiger partial charge in [0.05, 0.1) is 6.10 Å². The van der Waals surface area contributed by atoms with E-state index in [0.29, 0.717) is 19.3 Å². The second kappa shape index (κ2) is 7.26. The molecule has 0 bridgehead atoms. The molecule has 0 saturated carbocycles. The van der Waals surface area contributed by atoms with Crippen LogP contribution in [0.2, 0.25) is 0 Å². The van der Waals surface area contributed by atoms with Gasteiger partial charge in [-0.3, -0.25) is 4.79 Å². The molecule has 2 unspecified atom stereocenters. The molecule has 18 heavy (non-hydrogen) atoms. The number of hydrogen-bond acceptors (Lipinski definition) is 3. The maximum absolute atomic E-state index is 12.7. The van der Waals surface area contributed by atoms with E-state index in [4.69, 9.17) is 9.84 Å². The van der Waals surface area contributed by atoms with Gasteiger partial charge in [-0.05, 0) is 37.3 Å². The Bertz CT molecular complexity index is 338. The molecule has 1 aliphatic carbocycles. The van der Waals surface area contributed by atoms with E-state index in [1.54, 1.807) is 7.11 Å². The van der Waals surface area contributed by atoms with Crippen LogP contribution in [0.3, 0.4) is 0 Å². The quantitative estimate of drug-likeness (QED) is 0.678. The van der Waals surface area contributed by atoms with Crippen LogP contribution in [0.25, 0.3) is 0 Å². The molecule has 2 atom stereocenters. The summed E-state index contributed by atoms with van der Waals surface area (Å²) in [6.07, 6.45) is 3.14. The van der Waals surface area contributed by atoms with Crippen LogP contribution in [0, 0.1) is 0 Å². The summed E-state index contributed by atoms with van der Waals surface area (Å²) in [6.45, 7) is 0. The molecule has 0 fully saturated rings. The van der Waals surface area contributed by atoms with Crippen LogP contribution in [-0.4, -0.2) is 36.2 Å². The Balaban J connectivity index is 2.15. The number of unbranched alkanes of at least 4 members (excludes halogenated alkanes) is 2. The molecule has 1 rings (SSSR count). The monoisotopic (exact) mass is 258 g/mol. The number of hydrogen-bond donors (Lipinski definition) is 1. The van der Waals surface area contributed by atoms with Gasteiger partial charge in [0.25, 0.3) is 0 Å². The third kappa shape index (κ3) is 4.56. The van der Waals surface area contributed by atoms with Crippen molar-refractivity contribution < 1.29 is 23.8 Å². The van der Waals surface area contributed by atoms with Gasteiger partial charge in [0.2, 0.25) is 0 Å². The third-order valence-electron chi connectivity index (χ3n) is 3.11. The van der Waals surface area contributed by atoms with E-state index in [1.807, 2.05) is 6.08 Å². The number of Topliss-reactive ketones (excluding diaryl/α,β-unsaturated/α-hetero) is 1. The van der Waals surface area contributed by atoms with Crippen molar-refractivity contribution in [2.75, 3.05) is 7.11 Å². The van der Waals surface area contributed by atoms with Crippen LogP contribution < -0.4 is 0 Å². The smallest absolute Gasteiger partial charge is 0.338 e. The van der Waals surface area contributed by atoms with Crippen LogP contribution >= 0.6 is 0 Å². The van der Waals surface area contributed by atoms with E-state index in [0.717, 1.165) is 18.4 Å². The lowest BCUT2D eigenvalue weighted by Crippen LogP contribution is -2.13. The molecular formula is C13H19FO4. The molecule has 0 aromatic heterocycles. The number of methoxy groups -OCH3 is 1. The minimum absolute atomic E-state index is 0.0447. The number of aliphatic carboxylic acids is 1. The SMILES string of the molecule is COC1C=C(CCCCCC(F)C(=O)O)C(=O)C1. The van der Waals surface area contributed by atoms with Crippen molar-refractivity contribution in [1.82, 2.24) is 0 Å². The number of carboxylic acid groups (broad SMARTS) is 1. The lowest BCUT2D eigenvalue weighted by Gasteiger charge is -2.03. The molecule has 102 valence electrons. The summed E-state index contributed by atoms with van der Waals surface area (Å²) in [7, 11) is 1.57. The van der Waals surface area contributed by atoms with Crippen LogP contribution in [-0.2, 0) is 14.3 Å². The second-order valence-electron chi connectivity index (χ2n) is 4.50. The van der Waals surface area contributed by atoms with Gasteiger partial charge in [0.1, 0.15) is 0 Å². The number of ether oxygens (including phenoxy) is 1. The first kappa shape index (κ1) is 14.8. The van der Waals surface area contributed by atoms with Crippen molar-refractivity contribution >= 4 is 11.8 Å². The highest BCUT2D eigenvalue weighted by Crippen LogP contribution is 2.22. The van der Waals surface area contributed by atoms with Crippen LogP contribution in [0.1, 0.15) is 38.5 Å². The maximum atomic E-state index is 12.7. The molecule has 4 nitrogen and oxygen atoms in total. The minimum Gasteiger partial charge on any atom is -0.479 e. The zero-order chi connectivity index (χ0) is 13.5. The Morgan fingerprint density at radius 3 is 2.83 bits per heavy atom. The largest absolute Gasteiger partial charge is 0.479 e. The average molecular weight is 258 g/mol. The number of carbonyl (C=O) groups is 2. The third-order valence-corrected chi connectivity index (χ3v) is 3.11. The number of carboxylic acids is 1. The molecule has 0 aromatic rings. The number of rotatable bonds is 8. The first-order chi connectivity index (χ1) is 8.54. The summed E-state index contributed by atoms with van der Waals surface area (Å²) >= 11 is 0. The van der Waals surface area contributed by atoms with Gasteiger partial charge < -0.3 is 9.84 Å². The van der Waals surface area contributed by atoms with Crippen molar-refractivity contribution in [2.45, 2.75) is 50.8 Å². The van der Waals surface area contributed by atoms with Crippen LogP contribution in [0.15, 0.2) is 11.6 Å². The van der Waals surface area contributed by atoms with E-state index < -0.39 is 12.1 Å². The highest BCUT2D eigenvalue weighted by molar-refractivity contribution is 5.98. The van der Waals surface area contributed by atoms with Gasteiger partial charge in [-0.1, -0.05) is 6.42 Å². The predicted molar refractivity (Wildman–Crippen MR) is 64.1 cm³/mol. The number of halogens is 1. The summed E-state index contributed by atoms with van der Waals surface area (Å²) in [6, 6.07) is 0. The molecule has 1 N–H and O–H groups in total. The highest BCUT2D eigenvalue weighted by atomic mass is 19.1. The first-order valence-electron chi connectivity index (χ1n) is 6.18. The first-order valence-corrected chi connectivity index (χ1v) is 6.18. The van der Waals surface area contributed by atoms with Crippen LogP contribution in [0.5, 0.6) is 0 Å². The molecule has 0 saturated heterocycles. The Morgan fingerprint density at radius 1 is 1.56 bits per heavy atom. The molecule has 0 aromatic carbocycles. The van der Waals surface area contributed by atoms with E-state index in [9.17, 15) is 14.0 Å². The second-order valence-corrected chi connectivity index (χ2v) is 4.50. The molecule has 0 radical (unpaired) electrons. The van der Waals surface area contributed by atoms with Crippen molar-refractivity contribution in [3.63, 3.8) is 0 Å². The topological polar surface area (TPSA) is 63.6 Å². The number of allylic oxidation sites excluding steroid dienone is 1. The average Bonchev–Trinajstić information content (AvgIpc) is 2.69. The molecule has 0 aliphatic heterocycles. The van der Waals surface area contributed by atoms with E-state index >= 15 is 0 Å². The van der Waals surface area contributed by atoms with E-state index in [1.165, 1.54) is 0 Å². The predicted octanol–water partition coefficient (Wildman–Crippen LogP) is 2.27. The fraction of sp³-hybridized carbons (Fsp3) is 0.692. The summed E-state index contributed by atoms with van der Waals surface area (Å²) < 4.78 is 17.8. The van der Waals surface area contributed by atoms with Gasteiger partial charge in [-0.15, -0.1) is 0 Å². The van der Waals surface area contributed by atoms with Crippen molar-refractivity contribution in [3.8, 4) is 0 Å². The molecule has 0 spiro atoms. The lowest BCUT2D eigenvalue weighted by atomic mass is 10.0. The van der Waals surface area contributed by atoms with Gasteiger partial charge >= 0.3 is 5.97 Å². The fourth-order valence-electron chi connectivity index (χ4n) is 2.00. The highest BCUT2D eigenvalue weighted by Gasteiger charge is 2.23. The summed E-state index contributed by atoms with van der Waals surface area (Å²) in [5.74, 6) is -1.28. The Morgan fingerprint density at radius 2 is 2.28 bits per heavy atom. The fourth-order valence-corrected chi connectivity index (χ4v) is 2.00. The molecular weight excluding hydrogens is 239 g/mol. The normalized spacial score (nSPS) is 20.9. The van der Waals surface area contributed by atoms with Crippen molar-refractivity contribution in [2.24, 2.45) is 0 Å². The zero-order valence-corrected chi connectivity index (χ0v) is 10.5. The summed E-state index contributed by atoms with van der Waals surface area (Å²) in [4.78, 5) is 21.8. The van der Waals surface area contributed by atoms with E-state index in [2.05, 4.69) is 0 Å². The molecule has 1 aliphatic rings. The Hall–Kier alpha value is -1.23. The van der Waals surface area contributed by atoms with Crippen LogP contribution in [0.4, 0.5) is 4.39 Å². The number of ketones is 1. The molecule has 5 heteroatoms.